The van der Waals surface area contributed by atoms with Crippen LogP contribution in [0.1, 0.15) is 5.56 Å². The van der Waals surface area contributed by atoms with Crippen LogP contribution in [0.15, 0.2) is 105 Å². The van der Waals surface area contributed by atoms with Crippen LogP contribution in [0.4, 0.5) is 5.69 Å². The van der Waals surface area contributed by atoms with Crippen LogP contribution < -0.4 is 9.93 Å². The molecule has 0 radical (unpaired) electrons. The lowest BCUT2D eigenvalue weighted by atomic mass is 10.2. The predicted molar refractivity (Wildman–Crippen MR) is 109 cm³/mol. The van der Waals surface area contributed by atoms with Gasteiger partial charge in [-0.2, -0.15) is 0 Å². The summed E-state index contributed by atoms with van der Waals surface area (Å²) in [5, 5.41) is 0.549. The monoisotopic (exact) mass is 391 g/mol. The summed E-state index contributed by atoms with van der Waals surface area (Å²) < 4.78 is 33.4. The smallest absolute Gasteiger partial charge is 0.336 e. The van der Waals surface area contributed by atoms with Gasteiger partial charge in [-0.15, -0.1) is 0 Å². The van der Waals surface area contributed by atoms with Crippen molar-refractivity contribution in [2.75, 3.05) is 4.31 Å². The molecule has 4 aromatic rings. The molecule has 0 amide bonds. The Balaban J connectivity index is 1.82. The third-order valence-corrected chi connectivity index (χ3v) is 6.16. The molecule has 0 spiro atoms. The molecule has 4 rings (SSSR count). The number of rotatable bonds is 5. The standard InChI is InChI=1S/C22H17NO4S/c24-22-14-11-18-15-20(12-13-21(18)27-22)28(25,26)23(19-9-5-2-6-10-19)16-17-7-3-1-4-8-17/h1-15H,16H2. The molecule has 3 aromatic carbocycles. The maximum absolute atomic E-state index is 13.5. The minimum absolute atomic E-state index is 0.133. The fraction of sp³-hybridized carbons (Fsp3) is 0.0455. The fourth-order valence-corrected chi connectivity index (χ4v) is 4.48. The molecule has 0 saturated carbocycles. The molecule has 6 heteroatoms. The second kappa shape index (κ2) is 7.32. The van der Waals surface area contributed by atoms with E-state index < -0.39 is 15.6 Å². The van der Waals surface area contributed by atoms with E-state index in [0.717, 1.165) is 5.56 Å². The Morgan fingerprint density at radius 1 is 0.786 bits per heavy atom. The van der Waals surface area contributed by atoms with Gasteiger partial charge in [0.05, 0.1) is 17.1 Å². The highest BCUT2D eigenvalue weighted by atomic mass is 32.2. The van der Waals surface area contributed by atoms with Gasteiger partial charge in [0.15, 0.2) is 0 Å². The van der Waals surface area contributed by atoms with Gasteiger partial charge in [0.25, 0.3) is 10.0 Å². The third-order valence-electron chi connectivity index (χ3n) is 4.39. The number of para-hydroxylation sites is 1. The minimum Gasteiger partial charge on any atom is -0.423 e. The van der Waals surface area contributed by atoms with Gasteiger partial charge in [-0.3, -0.25) is 4.31 Å². The zero-order valence-electron chi connectivity index (χ0n) is 14.9. The highest BCUT2D eigenvalue weighted by Gasteiger charge is 2.25. The van der Waals surface area contributed by atoms with Gasteiger partial charge in [0.1, 0.15) is 5.58 Å². The SMILES string of the molecule is O=c1ccc2cc(S(=O)(=O)N(Cc3ccccc3)c3ccccc3)ccc2o1. The van der Waals surface area contributed by atoms with Crippen LogP contribution in [0.5, 0.6) is 0 Å². The van der Waals surface area contributed by atoms with Gasteiger partial charge in [-0.25, -0.2) is 13.2 Å². The molecule has 0 aliphatic carbocycles. The van der Waals surface area contributed by atoms with Crippen molar-refractivity contribution >= 4 is 26.7 Å². The summed E-state index contributed by atoms with van der Waals surface area (Å²) in [6, 6.07) is 25.7. The molecule has 0 N–H and O–H groups in total. The molecular formula is C22H17NO4S. The molecule has 0 unspecified atom stereocenters. The number of fused-ring (bicyclic) bond motifs is 1. The molecule has 0 atom stereocenters. The first kappa shape index (κ1) is 18.0. The second-order valence-electron chi connectivity index (χ2n) is 6.29. The van der Waals surface area contributed by atoms with E-state index in [1.807, 2.05) is 36.4 Å². The molecule has 0 bridgehead atoms. The van der Waals surface area contributed by atoms with Crippen molar-refractivity contribution in [1.82, 2.24) is 0 Å². The first-order valence-electron chi connectivity index (χ1n) is 8.70. The van der Waals surface area contributed by atoms with Crippen LogP contribution >= 0.6 is 0 Å². The van der Waals surface area contributed by atoms with Crippen molar-refractivity contribution in [1.29, 1.82) is 0 Å². The first-order chi connectivity index (χ1) is 13.5. The van der Waals surface area contributed by atoms with E-state index in [1.165, 1.54) is 28.6 Å². The predicted octanol–water partition coefficient (Wildman–Crippen LogP) is 4.19. The van der Waals surface area contributed by atoms with E-state index in [-0.39, 0.29) is 11.4 Å². The van der Waals surface area contributed by atoms with Gasteiger partial charge >= 0.3 is 5.63 Å². The lowest BCUT2D eigenvalue weighted by Gasteiger charge is -2.25. The number of sulfonamides is 1. The van der Waals surface area contributed by atoms with Crippen LogP contribution in [-0.2, 0) is 16.6 Å². The maximum Gasteiger partial charge on any atom is 0.336 e. The Bertz CT molecular complexity index is 1270. The molecule has 1 heterocycles. The summed E-state index contributed by atoms with van der Waals surface area (Å²) in [5.74, 6) is 0. The summed E-state index contributed by atoms with van der Waals surface area (Å²) in [7, 11) is -3.84. The highest BCUT2D eigenvalue weighted by Crippen LogP contribution is 2.27. The fourth-order valence-electron chi connectivity index (χ4n) is 3.00. The summed E-state index contributed by atoms with van der Waals surface area (Å²) in [4.78, 5) is 11.5. The largest absolute Gasteiger partial charge is 0.423 e. The molecule has 0 aliphatic heterocycles. The van der Waals surface area contributed by atoms with Crippen LogP contribution in [0.3, 0.4) is 0 Å². The average Bonchev–Trinajstić information content (AvgIpc) is 2.73. The van der Waals surface area contributed by atoms with Crippen molar-refractivity contribution in [3.8, 4) is 0 Å². The molecule has 0 aliphatic rings. The van der Waals surface area contributed by atoms with Crippen LogP contribution in [-0.4, -0.2) is 8.42 Å². The molecular weight excluding hydrogens is 374 g/mol. The molecule has 0 fully saturated rings. The van der Waals surface area contributed by atoms with Gasteiger partial charge in [0, 0.05) is 11.5 Å². The summed E-state index contributed by atoms with van der Waals surface area (Å²) in [5.41, 5.74) is 1.33. The quantitative estimate of drug-likeness (QED) is 0.479. The summed E-state index contributed by atoms with van der Waals surface area (Å²) >= 11 is 0. The number of benzene rings is 3. The number of hydrogen-bond acceptors (Lipinski definition) is 4. The Hall–Kier alpha value is -3.38. The first-order valence-corrected chi connectivity index (χ1v) is 10.1. The van der Waals surface area contributed by atoms with Crippen LogP contribution in [0, 0.1) is 0 Å². The molecule has 1 aromatic heterocycles. The van der Waals surface area contributed by atoms with Gasteiger partial charge < -0.3 is 4.42 Å². The van der Waals surface area contributed by atoms with Crippen molar-refractivity contribution in [3.63, 3.8) is 0 Å². The van der Waals surface area contributed by atoms with Gasteiger partial charge in [-0.05, 0) is 42.0 Å². The Morgan fingerprint density at radius 2 is 1.46 bits per heavy atom. The van der Waals surface area contributed by atoms with E-state index in [4.69, 9.17) is 4.42 Å². The third kappa shape index (κ3) is 3.54. The van der Waals surface area contributed by atoms with Crippen molar-refractivity contribution in [2.24, 2.45) is 0 Å². The maximum atomic E-state index is 13.5. The van der Waals surface area contributed by atoms with Crippen LogP contribution in [0.2, 0.25) is 0 Å². The lowest BCUT2D eigenvalue weighted by molar-refractivity contribution is 0.560. The van der Waals surface area contributed by atoms with Crippen molar-refractivity contribution in [3.05, 3.63) is 107 Å². The van der Waals surface area contributed by atoms with E-state index in [0.29, 0.717) is 16.7 Å². The number of anilines is 1. The lowest BCUT2D eigenvalue weighted by Crippen LogP contribution is -2.30. The van der Waals surface area contributed by atoms with E-state index in [9.17, 15) is 13.2 Å². The number of nitrogens with zero attached hydrogens (tertiary/aromatic N) is 1. The van der Waals surface area contributed by atoms with E-state index in [1.54, 1.807) is 30.3 Å². The van der Waals surface area contributed by atoms with Gasteiger partial charge in [0.2, 0.25) is 0 Å². The normalized spacial score (nSPS) is 11.4. The van der Waals surface area contributed by atoms with Crippen molar-refractivity contribution < 1.29 is 12.8 Å². The highest BCUT2D eigenvalue weighted by molar-refractivity contribution is 7.92. The Morgan fingerprint density at radius 3 is 2.18 bits per heavy atom. The topological polar surface area (TPSA) is 67.6 Å². The minimum atomic E-state index is -3.84. The molecule has 5 nitrogen and oxygen atoms in total. The second-order valence-corrected chi connectivity index (χ2v) is 8.15. The summed E-state index contributed by atoms with van der Waals surface area (Å²) in [6.07, 6.45) is 0. The average molecular weight is 391 g/mol. The molecule has 0 saturated heterocycles. The Labute approximate surface area is 162 Å². The van der Waals surface area contributed by atoms with E-state index >= 15 is 0 Å². The van der Waals surface area contributed by atoms with Gasteiger partial charge in [-0.1, -0.05) is 48.5 Å². The summed E-state index contributed by atoms with van der Waals surface area (Å²) in [6.45, 7) is 0.203. The van der Waals surface area contributed by atoms with Crippen molar-refractivity contribution in [2.45, 2.75) is 11.4 Å². The zero-order chi connectivity index (χ0) is 19.6. The zero-order valence-corrected chi connectivity index (χ0v) is 15.7. The van der Waals surface area contributed by atoms with E-state index in [2.05, 4.69) is 0 Å². The Kier molecular flexibility index (Phi) is 4.71. The number of hydrogen-bond donors (Lipinski definition) is 0. The molecule has 28 heavy (non-hydrogen) atoms. The molecule has 140 valence electrons. The van der Waals surface area contributed by atoms with Crippen LogP contribution in [0.25, 0.3) is 11.0 Å².